The standard InChI is InChI=1S/C19H31NO2/c1-4-5-6-7-8-9-14-22-19(21)18(20)17-12-10-16(11-13-17)15(2)3/h10-13,15,18H,4-9,14,20H2,1-3H3/t18-/m0/s1. The minimum Gasteiger partial charge on any atom is -0.464 e. The molecule has 1 aromatic rings. The zero-order valence-corrected chi connectivity index (χ0v) is 14.3. The molecule has 2 N–H and O–H groups in total. The van der Waals surface area contributed by atoms with Gasteiger partial charge in [-0.25, -0.2) is 4.79 Å². The SMILES string of the molecule is CCCCCCCCOC(=O)[C@@H](N)c1ccc(C(C)C)cc1. The predicted octanol–water partition coefficient (Wildman–Crippen LogP) is 4.71. The molecule has 0 aliphatic rings. The molecule has 3 nitrogen and oxygen atoms in total. The summed E-state index contributed by atoms with van der Waals surface area (Å²) in [6.45, 7) is 6.97. The molecule has 0 aliphatic heterocycles. The van der Waals surface area contributed by atoms with Gasteiger partial charge < -0.3 is 10.5 Å². The summed E-state index contributed by atoms with van der Waals surface area (Å²) in [4.78, 5) is 12.0. The number of hydrogen-bond acceptors (Lipinski definition) is 3. The van der Waals surface area contributed by atoms with E-state index in [1.807, 2.05) is 24.3 Å². The second kappa shape index (κ2) is 10.4. The van der Waals surface area contributed by atoms with E-state index in [2.05, 4.69) is 20.8 Å². The Morgan fingerprint density at radius 3 is 2.14 bits per heavy atom. The number of carbonyl (C=O) groups is 1. The van der Waals surface area contributed by atoms with Crippen LogP contribution in [-0.4, -0.2) is 12.6 Å². The molecule has 1 aromatic carbocycles. The van der Waals surface area contributed by atoms with E-state index in [-0.39, 0.29) is 5.97 Å². The number of ether oxygens (including phenoxy) is 1. The molecule has 22 heavy (non-hydrogen) atoms. The van der Waals surface area contributed by atoms with Crippen molar-refractivity contribution in [3.8, 4) is 0 Å². The Kier molecular flexibility index (Phi) is 8.83. The first kappa shape index (κ1) is 18.7. The van der Waals surface area contributed by atoms with E-state index in [0.29, 0.717) is 12.5 Å². The maximum Gasteiger partial charge on any atom is 0.327 e. The summed E-state index contributed by atoms with van der Waals surface area (Å²) >= 11 is 0. The predicted molar refractivity (Wildman–Crippen MR) is 91.8 cm³/mol. The number of nitrogens with two attached hydrogens (primary N) is 1. The second-order valence-corrected chi connectivity index (χ2v) is 6.23. The first-order valence-electron chi connectivity index (χ1n) is 8.58. The third-order valence-corrected chi connectivity index (χ3v) is 3.96. The summed E-state index contributed by atoms with van der Waals surface area (Å²) in [5.74, 6) is 0.149. The van der Waals surface area contributed by atoms with E-state index in [4.69, 9.17) is 10.5 Å². The van der Waals surface area contributed by atoms with Crippen molar-refractivity contribution in [1.82, 2.24) is 0 Å². The number of benzene rings is 1. The van der Waals surface area contributed by atoms with Crippen LogP contribution in [0.5, 0.6) is 0 Å². The Morgan fingerprint density at radius 2 is 1.55 bits per heavy atom. The van der Waals surface area contributed by atoms with Gasteiger partial charge in [-0.05, 0) is 23.5 Å². The molecule has 0 fully saturated rings. The van der Waals surface area contributed by atoms with E-state index in [1.165, 1.54) is 31.2 Å². The molecule has 0 bridgehead atoms. The lowest BCUT2D eigenvalue weighted by Gasteiger charge is -2.13. The van der Waals surface area contributed by atoms with E-state index in [1.54, 1.807) is 0 Å². The van der Waals surface area contributed by atoms with E-state index in [0.717, 1.165) is 18.4 Å². The van der Waals surface area contributed by atoms with Crippen LogP contribution < -0.4 is 5.73 Å². The van der Waals surface area contributed by atoms with Crippen LogP contribution in [0, 0.1) is 0 Å². The number of unbranched alkanes of at least 4 members (excludes halogenated alkanes) is 5. The quantitative estimate of drug-likeness (QED) is 0.503. The molecule has 0 amide bonds. The zero-order chi connectivity index (χ0) is 16.4. The minimum atomic E-state index is -0.679. The van der Waals surface area contributed by atoms with E-state index in [9.17, 15) is 4.79 Å². The topological polar surface area (TPSA) is 52.3 Å². The normalized spacial score (nSPS) is 12.4. The van der Waals surface area contributed by atoms with Gasteiger partial charge in [0.25, 0.3) is 0 Å². The largest absolute Gasteiger partial charge is 0.464 e. The molecule has 0 unspecified atom stereocenters. The highest BCUT2D eigenvalue weighted by Crippen LogP contribution is 2.18. The van der Waals surface area contributed by atoms with Gasteiger partial charge in [-0.2, -0.15) is 0 Å². The van der Waals surface area contributed by atoms with Gasteiger partial charge in [0.1, 0.15) is 6.04 Å². The molecule has 0 aliphatic carbocycles. The molecular formula is C19H31NO2. The average Bonchev–Trinajstić information content (AvgIpc) is 2.53. The van der Waals surface area contributed by atoms with Crippen molar-refractivity contribution in [3.63, 3.8) is 0 Å². The molecule has 0 aromatic heterocycles. The highest BCUT2D eigenvalue weighted by atomic mass is 16.5. The van der Waals surface area contributed by atoms with Crippen LogP contribution in [0.15, 0.2) is 24.3 Å². The Labute approximate surface area is 135 Å². The summed E-state index contributed by atoms with van der Waals surface area (Å²) in [6.07, 6.45) is 7.07. The van der Waals surface area contributed by atoms with Crippen molar-refractivity contribution in [2.45, 2.75) is 71.3 Å². The molecule has 0 spiro atoms. The average molecular weight is 305 g/mol. The first-order chi connectivity index (χ1) is 10.6. The van der Waals surface area contributed by atoms with Crippen LogP contribution in [0.2, 0.25) is 0 Å². The van der Waals surface area contributed by atoms with Gasteiger partial charge in [0.2, 0.25) is 0 Å². The van der Waals surface area contributed by atoms with Crippen molar-refractivity contribution < 1.29 is 9.53 Å². The van der Waals surface area contributed by atoms with Crippen LogP contribution in [0.1, 0.15) is 82.4 Å². The fourth-order valence-corrected chi connectivity index (χ4v) is 2.37. The maximum absolute atomic E-state index is 12.0. The lowest BCUT2D eigenvalue weighted by molar-refractivity contribution is -0.145. The first-order valence-corrected chi connectivity index (χ1v) is 8.58. The fraction of sp³-hybridized carbons (Fsp3) is 0.632. The van der Waals surface area contributed by atoms with Crippen molar-refractivity contribution >= 4 is 5.97 Å². The van der Waals surface area contributed by atoms with Gasteiger partial charge in [-0.3, -0.25) is 0 Å². The van der Waals surface area contributed by atoms with Crippen LogP contribution >= 0.6 is 0 Å². The highest BCUT2D eigenvalue weighted by molar-refractivity contribution is 5.77. The Hall–Kier alpha value is -1.35. The fourth-order valence-electron chi connectivity index (χ4n) is 2.37. The third kappa shape index (κ3) is 6.61. The van der Waals surface area contributed by atoms with Gasteiger partial charge in [0.05, 0.1) is 6.61 Å². The lowest BCUT2D eigenvalue weighted by Crippen LogP contribution is -2.24. The number of carbonyl (C=O) groups excluding carboxylic acids is 1. The molecule has 1 rings (SSSR count). The minimum absolute atomic E-state index is 0.328. The molecule has 124 valence electrons. The van der Waals surface area contributed by atoms with Crippen LogP contribution in [0.25, 0.3) is 0 Å². The van der Waals surface area contributed by atoms with Crippen LogP contribution in [0.4, 0.5) is 0 Å². The zero-order valence-electron chi connectivity index (χ0n) is 14.3. The van der Waals surface area contributed by atoms with Crippen LogP contribution in [0.3, 0.4) is 0 Å². The molecule has 0 radical (unpaired) electrons. The number of rotatable bonds is 10. The van der Waals surface area contributed by atoms with Crippen molar-refractivity contribution in [2.24, 2.45) is 5.73 Å². The van der Waals surface area contributed by atoms with E-state index >= 15 is 0 Å². The summed E-state index contributed by atoms with van der Waals surface area (Å²) in [7, 11) is 0. The summed E-state index contributed by atoms with van der Waals surface area (Å²) in [6, 6.07) is 7.22. The third-order valence-electron chi connectivity index (χ3n) is 3.96. The molecule has 1 atom stereocenters. The van der Waals surface area contributed by atoms with Gasteiger partial charge in [-0.15, -0.1) is 0 Å². The van der Waals surface area contributed by atoms with Crippen molar-refractivity contribution in [3.05, 3.63) is 35.4 Å². The van der Waals surface area contributed by atoms with Crippen LogP contribution in [-0.2, 0) is 9.53 Å². The summed E-state index contributed by atoms with van der Waals surface area (Å²) < 4.78 is 5.28. The molecular weight excluding hydrogens is 274 g/mol. The molecule has 0 saturated carbocycles. The Balaban J connectivity index is 2.29. The monoisotopic (exact) mass is 305 g/mol. The van der Waals surface area contributed by atoms with Crippen molar-refractivity contribution in [2.75, 3.05) is 6.61 Å². The van der Waals surface area contributed by atoms with Crippen molar-refractivity contribution in [1.29, 1.82) is 0 Å². The molecule has 0 heterocycles. The van der Waals surface area contributed by atoms with Gasteiger partial charge in [0, 0.05) is 0 Å². The van der Waals surface area contributed by atoms with Gasteiger partial charge in [-0.1, -0.05) is 77.1 Å². The second-order valence-electron chi connectivity index (χ2n) is 6.23. The van der Waals surface area contributed by atoms with Gasteiger partial charge >= 0.3 is 5.97 Å². The highest BCUT2D eigenvalue weighted by Gasteiger charge is 2.17. The number of hydrogen-bond donors (Lipinski definition) is 1. The Morgan fingerprint density at radius 1 is 1.00 bits per heavy atom. The van der Waals surface area contributed by atoms with E-state index < -0.39 is 6.04 Å². The Bertz CT molecular complexity index is 426. The number of esters is 1. The molecule has 3 heteroatoms. The van der Waals surface area contributed by atoms with Gasteiger partial charge in [0.15, 0.2) is 0 Å². The lowest BCUT2D eigenvalue weighted by atomic mass is 9.99. The smallest absolute Gasteiger partial charge is 0.327 e. The molecule has 0 saturated heterocycles. The maximum atomic E-state index is 12.0. The summed E-state index contributed by atoms with van der Waals surface area (Å²) in [5, 5.41) is 0. The summed E-state index contributed by atoms with van der Waals surface area (Å²) in [5.41, 5.74) is 8.03.